The Morgan fingerprint density at radius 2 is 2.00 bits per heavy atom. The molecule has 28 heavy (non-hydrogen) atoms. The first kappa shape index (κ1) is 21.7. The number of benzene rings is 1. The van der Waals surface area contributed by atoms with Crippen molar-refractivity contribution in [3.63, 3.8) is 0 Å². The fourth-order valence-electron chi connectivity index (χ4n) is 3.31. The number of amides is 1. The van der Waals surface area contributed by atoms with Crippen molar-refractivity contribution in [3.05, 3.63) is 33.4 Å². The maximum atomic E-state index is 12.7. The van der Waals surface area contributed by atoms with Gasteiger partial charge in [0.25, 0.3) is 5.69 Å². The van der Waals surface area contributed by atoms with Gasteiger partial charge in [0, 0.05) is 17.7 Å². The van der Waals surface area contributed by atoms with Gasteiger partial charge in [-0.2, -0.15) is 0 Å². The monoisotopic (exact) mass is 392 g/mol. The maximum Gasteiger partial charge on any atom is 0.415 e. The molecular weight excluding hydrogens is 364 g/mol. The van der Waals surface area contributed by atoms with E-state index in [0.717, 1.165) is 0 Å². The van der Waals surface area contributed by atoms with Crippen LogP contribution in [0.3, 0.4) is 0 Å². The summed E-state index contributed by atoms with van der Waals surface area (Å²) in [6, 6.07) is 2.36. The molecule has 1 unspecified atom stereocenters. The van der Waals surface area contributed by atoms with Crippen LogP contribution in [-0.2, 0) is 14.9 Å². The molecule has 1 atom stereocenters. The molecule has 8 nitrogen and oxygen atoms in total. The van der Waals surface area contributed by atoms with E-state index < -0.39 is 28.4 Å². The van der Waals surface area contributed by atoms with Crippen LogP contribution in [0.2, 0.25) is 0 Å². The van der Waals surface area contributed by atoms with Gasteiger partial charge in [0.05, 0.1) is 11.5 Å². The summed E-state index contributed by atoms with van der Waals surface area (Å²) in [5, 5.41) is 11.5. The van der Waals surface area contributed by atoms with Gasteiger partial charge in [0.1, 0.15) is 11.8 Å². The van der Waals surface area contributed by atoms with Crippen LogP contribution in [0.5, 0.6) is 5.75 Å². The number of hydrogen-bond acceptors (Lipinski definition) is 6. The fourth-order valence-corrected chi connectivity index (χ4v) is 3.31. The van der Waals surface area contributed by atoms with Crippen molar-refractivity contribution in [2.45, 2.75) is 65.3 Å². The molecule has 1 fully saturated rings. The SMILES string of the molecule is CCCOC(=O)C1CCCN1C(=O)Oc1cc(C)c([N+](=O)[O-])c(C(C)(C)C)c1. The standard InChI is InChI=1S/C20H28N2O6/c1-6-10-27-18(23)16-8-7-9-21(16)19(24)28-14-11-13(2)17(22(25)26)15(12-14)20(3,4)5/h11-12,16H,6-10H2,1-5H3. The highest BCUT2D eigenvalue weighted by Crippen LogP contribution is 2.37. The Kier molecular flexibility index (Phi) is 6.64. The minimum absolute atomic E-state index is 0.0227. The summed E-state index contributed by atoms with van der Waals surface area (Å²) in [4.78, 5) is 37.3. The Hall–Kier alpha value is -2.64. The van der Waals surface area contributed by atoms with Crippen LogP contribution >= 0.6 is 0 Å². The first-order chi connectivity index (χ1) is 13.1. The number of nitro groups is 1. The van der Waals surface area contributed by atoms with E-state index in [2.05, 4.69) is 0 Å². The minimum atomic E-state index is -0.653. The highest BCUT2D eigenvalue weighted by Gasteiger charge is 2.37. The van der Waals surface area contributed by atoms with Crippen LogP contribution < -0.4 is 4.74 Å². The van der Waals surface area contributed by atoms with Gasteiger partial charge in [0.2, 0.25) is 0 Å². The number of esters is 1. The predicted molar refractivity (Wildman–Crippen MR) is 104 cm³/mol. The third-order valence-corrected chi connectivity index (χ3v) is 4.68. The summed E-state index contributed by atoms with van der Waals surface area (Å²) < 4.78 is 10.7. The second-order valence-electron chi connectivity index (χ2n) is 8.03. The van der Waals surface area contributed by atoms with Gasteiger partial charge in [-0.3, -0.25) is 15.0 Å². The van der Waals surface area contributed by atoms with Crippen LogP contribution in [0, 0.1) is 17.0 Å². The molecule has 0 aromatic heterocycles. The third-order valence-electron chi connectivity index (χ3n) is 4.68. The number of ether oxygens (including phenoxy) is 2. The second-order valence-corrected chi connectivity index (χ2v) is 8.03. The molecule has 0 aliphatic carbocycles. The number of rotatable bonds is 5. The lowest BCUT2D eigenvalue weighted by Gasteiger charge is -2.24. The van der Waals surface area contributed by atoms with Gasteiger partial charge in [-0.25, -0.2) is 9.59 Å². The smallest absolute Gasteiger partial charge is 0.415 e. The van der Waals surface area contributed by atoms with Crippen molar-refractivity contribution in [2.24, 2.45) is 0 Å². The number of nitrogens with zero attached hydrogens (tertiary/aromatic N) is 2. The van der Waals surface area contributed by atoms with E-state index in [4.69, 9.17) is 9.47 Å². The van der Waals surface area contributed by atoms with E-state index in [1.807, 2.05) is 27.7 Å². The van der Waals surface area contributed by atoms with E-state index >= 15 is 0 Å². The normalized spacial score (nSPS) is 16.8. The van der Waals surface area contributed by atoms with Gasteiger partial charge in [-0.15, -0.1) is 0 Å². The lowest BCUT2D eigenvalue weighted by molar-refractivity contribution is -0.386. The first-order valence-corrected chi connectivity index (χ1v) is 9.50. The Balaban J connectivity index is 2.25. The van der Waals surface area contributed by atoms with Gasteiger partial charge >= 0.3 is 12.1 Å². The molecule has 2 rings (SSSR count). The number of aryl methyl sites for hydroxylation is 1. The van der Waals surface area contributed by atoms with Crippen molar-refractivity contribution in [1.82, 2.24) is 4.90 Å². The van der Waals surface area contributed by atoms with Gasteiger partial charge in [-0.1, -0.05) is 27.7 Å². The average Bonchev–Trinajstić information content (AvgIpc) is 3.07. The van der Waals surface area contributed by atoms with E-state index in [-0.39, 0.29) is 11.4 Å². The van der Waals surface area contributed by atoms with E-state index in [9.17, 15) is 19.7 Å². The molecule has 1 aliphatic rings. The van der Waals surface area contributed by atoms with Crippen molar-refractivity contribution < 1.29 is 24.0 Å². The molecule has 0 saturated carbocycles. The first-order valence-electron chi connectivity index (χ1n) is 9.50. The van der Waals surface area contributed by atoms with Crippen molar-refractivity contribution in [2.75, 3.05) is 13.2 Å². The average molecular weight is 392 g/mol. The largest absolute Gasteiger partial charge is 0.464 e. The highest BCUT2D eigenvalue weighted by atomic mass is 16.6. The number of nitro benzene ring substituents is 1. The lowest BCUT2D eigenvalue weighted by atomic mass is 9.84. The summed E-state index contributed by atoms with van der Waals surface area (Å²) in [6.07, 6.45) is 1.28. The molecule has 1 aromatic carbocycles. The zero-order chi connectivity index (χ0) is 21.1. The summed E-state index contributed by atoms with van der Waals surface area (Å²) in [7, 11) is 0. The molecule has 154 valence electrons. The quantitative estimate of drug-likeness (QED) is 0.425. The summed E-state index contributed by atoms with van der Waals surface area (Å²) >= 11 is 0. The number of carbonyl (C=O) groups is 2. The number of hydrogen-bond donors (Lipinski definition) is 0. The van der Waals surface area contributed by atoms with Gasteiger partial charge < -0.3 is 9.47 Å². The zero-order valence-corrected chi connectivity index (χ0v) is 17.1. The molecule has 0 spiro atoms. The summed E-state index contributed by atoms with van der Waals surface area (Å²) in [5.41, 5.74) is 0.422. The van der Waals surface area contributed by atoms with Crippen LogP contribution in [0.4, 0.5) is 10.5 Å². The minimum Gasteiger partial charge on any atom is -0.464 e. The fraction of sp³-hybridized carbons (Fsp3) is 0.600. The topological polar surface area (TPSA) is 99.0 Å². The lowest BCUT2D eigenvalue weighted by Crippen LogP contribution is -2.43. The van der Waals surface area contributed by atoms with E-state index in [1.54, 1.807) is 6.92 Å². The van der Waals surface area contributed by atoms with Crippen molar-refractivity contribution in [1.29, 1.82) is 0 Å². The Bertz CT molecular complexity index is 769. The molecule has 0 bridgehead atoms. The molecule has 1 amide bonds. The molecule has 0 radical (unpaired) electrons. The predicted octanol–water partition coefficient (Wildman–Crippen LogP) is 4.12. The van der Waals surface area contributed by atoms with Gasteiger partial charge in [0.15, 0.2) is 0 Å². The maximum absolute atomic E-state index is 12.7. The van der Waals surface area contributed by atoms with Crippen LogP contribution in [0.25, 0.3) is 0 Å². The molecule has 1 aliphatic heterocycles. The molecule has 1 heterocycles. The van der Waals surface area contributed by atoms with E-state index in [1.165, 1.54) is 17.0 Å². The van der Waals surface area contributed by atoms with Crippen molar-refractivity contribution in [3.8, 4) is 5.75 Å². The zero-order valence-electron chi connectivity index (χ0n) is 17.1. The van der Waals surface area contributed by atoms with Crippen LogP contribution in [0.1, 0.15) is 58.1 Å². The summed E-state index contributed by atoms with van der Waals surface area (Å²) in [6.45, 7) is 9.82. The Morgan fingerprint density at radius 3 is 2.57 bits per heavy atom. The third kappa shape index (κ3) is 4.79. The Labute approximate surface area is 164 Å². The van der Waals surface area contributed by atoms with Crippen LogP contribution in [0.15, 0.2) is 12.1 Å². The second kappa shape index (κ2) is 8.58. The summed E-state index contributed by atoms with van der Waals surface area (Å²) in [5.74, 6) is -0.197. The molecular formula is C20H28N2O6. The van der Waals surface area contributed by atoms with E-state index in [0.29, 0.717) is 43.5 Å². The van der Waals surface area contributed by atoms with Gasteiger partial charge in [-0.05, 0) is 43.7 Å². The molecule has 1 aromatic rings. The number of likely N-dealkylation sites (tertiary alicyclic amines) is 1. The highest BCUT2D eigenvalue weighted by molar-refractivity contribution is 5.83. The number of carbonyl (C=O) groups excluding carboxylic acids is 2. The molecule has 1 saturated heterocycles. The molecule has 8 heteroatoms. The van der Waals surface area contributed by atoms with Crippen molar-refractivity contribution >= 4 is 17.7 Å². The Morgan fingerprint density at radius 1 is 1.32 bits per heavy atom. The van der Waals surface area contributed by atoms with Crippen LogP contribution in [-0.4, -0.2) is 41.1 Å². The molecule has 0 N–H and O–H groups in total.